The predicted molar refractivity (Wildman–Crippen MR) is 110 cm³/mol. The van der Waals surface area contributed by atoms with Gasteiger partial charge in [-0.15, -0.1) is 0 Å². The van der Waals surface area contributed by atoms with Gasteiger partial charge in [0.2, 0.25) is 0 Å². The molecule has 0 amide bonds. The molecule has 0 saturated heterocycles. The van der Waals surface area contributed by atoms with E-state index in [0.29, 0.717) is 15.3 Å². The largest absolute Gasteiger partial charge is 0.352 e. The molecule has 5 aliphatic rings. The van der Waals surface area contributed by atoms with Crippen LogP contribution in [-0.4, -0.2) is 23.6 Å². The van der Waals surface area contributed by atoms with Crippen molar-refractivity contribution < 1.29 is 0 Å². The van der Waals surface area contributed by atoms with Gasteiger partial charge in [-0.1, -0.05) is 75.1 Å². The maximum atomic E-state index is 13.4. The lowest BCUT2D eigenvalue weighted by molar-refractivity contribution is -0.184. The van der Waals surface area contributed by atoms with E-state index < -0.39 is 0 Å². The van der Waals surface area contributed by atoms with Crippen LogP contribution in [0.5, 0.6) is 0 Å². The van der Waals surface area contributed by atoms with Crippen LogP contribution in [-0.2, 0) is 0 Å². The van der Waals surface area contributed by atoms with E-state index in [4.69, 9.17) is 0 Å². The van der Waals surface area contributed by atoms with Gasteiger partial charge in [-0.05, 0) is 25.0 Å². The summed E-state index contributed by atoms with van der Waals surface area (Å²) in [5, 5.41) is 0. The number of allylic oxidation sites excluding steroid dienone is 2. The number of alkyl halides is 2. The highest BCUT2D eigenvalue weighted by molar-refractivity contribution is 9.12. The van der Waals surface area contributed by atoms with Crippen molar-refractivity contribution in [3.8, 4) is 5.69 Å². The van der Waals surface area contributed by atoms with Gasteiger partial charge in [0.1, 0.15) is 0 Å². The first-order valence-corrected chi connectivity index (χ1v) is 11.4. The van der Waals surface area contributed by atoms with E-state index in [1.807, 2.05) is 30.3 Å². The van der Waals surface area contributed by atoms with Crippen LogP contribution in [0.2, 0.25) is 0 Å². The Morgan fingerprint density at radius 1 is 0.815 bits per heavy atom. The predicted octanol–water partition coefficient (Wildman–Crippen LogP) is 3.55. The van der Waals surface area contributed by atoms with Gasteiger partial charge in [-0.25, -0.2) is 23.5 Å². The van der Waals surface area contributed by atoms with Gasteiger partial charge in [0.25, 0.3) is 0 Å². The Bertz CT molecular complexity index is 1040. The Morgan fingerprint density at radius 2 is 1.30 bits per heavy atom. The van der Waals surface area contributed by atoms with E-state index in [1.165, 1.54) is 17.4 Å². The zero-order valence-corrected chi connectivity index (χ0v) is 17.8. The Kier molecular flexibility index (Phi) is 3.18. The van der Waals surface area contributed by atoms with Crippen molar-refractivity contribution in [2.24, 2.45) is 10.8 Å². The van der Waals surface area contributed by atoms with Gasteiger partial charge in [0.05, 0.1) is 17.8 Å². The molecule has 7 rings (SSSR count). The van der Waals surface area contributed by atoms with Crippen LogP contribution < -0.4 is 11.4 Å². The fourth-order valence-corrected chi connectivity index (χ4v) is 9.41. The number of aromatic nitrogens is 3. The first kappa shape index (κ1) is 16.6. The Labute approximate surface area is 172 Å². The van der Waals surface area contributed by atoms with Gasteiger partial charge < -0.3 is 0 Å². The summed E-state index contributed by atoms with van der Waals surface area (Å²) in [5.74, 6) is 0. The van der Waals surface area contributed by atoms with Crippen molar-refractivity contribution in [2.45, 2.75) is 47.4 Å². The molecule has 2 aromatic rings. The van der Waals surface area contributed by atoms with Crippen LogP contribution in [0.4, 0.5) is 0 Å². The fraction of sp³-hybridized carbons (Fsp3) is 0.500. The summed E-state index contributed by atoms with van der Waals surface area (Å²) in [7, 11) is 0. The molecule has 5 nitrogen and oxygen atoms in total. The Hall–Kier alpha value is -1.34. The smallest absolute Gasteiger partial charge is 0.245 e. The van der Waals surface area contributed by atoms with E-state index >= 15 is 0 Å². The van der Waals surface area contributed by atoms with Crippen molar-refractivity contribution >= 4 is 31.9 Å². The molecular weight excluding hydrogens is 474 g/mol. The number of rotatable bonds is 1. The van der Waals surface area contributed by atoms with E-state index in [9.17, 15) is 9.59 Å². The molecule has 2 bridgehead atoms. The molecule has 2 saturated carbocycles. The van der Waals surface area contributed by atoms with E-state index in [-0.39, 0.29) is 34.3 Å². The molecule has 2 aliphatic heterocycles. The summed E-state index contributed by atoms with van der Waals surface area (Å²) < 4.78 is 4.83. The normalized spacial score (nSPS) is 40.8. The molecule has 0 radical (unpaired) electrons. The van der Waals surface area contributed by atoms with E-state index in [2.05, 4.69) is 44.0 Å². The van der Waals surface area contributed by atoms with Crippen LogP contribution in [0.15, 0.2) is 52.1 Å². The average molecular weight is 493 g/mol. The number of nitrogens with zero attached hydrogens (tertiary/aromatic N) is 3. The molecule has 2 fully saturated rings. The molecule has 140 valence electrons. The van der Waals surface area contributed by atoms with Crippen LogP contribution in [0.25, 0.3) is 5.69 Å². The standard InChI is InChI=1S/C20H19Br2N3O2/c21-15-16(22)20-11-5-4-10-19(15,20)13-8-9-14(20)25-18(27)23(17(26)24(13)25)12-6-2-1-3-7-12/h1-3,6-9,13-16H,4-5,10-11H2/t13-,14-,15+,16+,19-,20-/m0/s1. The first-order chi connectivity index (χ1) is 13.1. The maximum Gasteiger partial charge on any atom is 0.352 e. The summed E-state index contributed by atoms with van der Waals surface area (Å²) in [6.07, 6.45) is 8.90. The third-order valence-corrected chi connectivity index (χ3v) is 11.0. The summed E-state index contributed by atoms with van der Waals surface area (Å²) in [6.45, 7) is 0. The lowest BCUT2D eigenvalue weighted by Gasteiger charge is -2.76. The van der Waals surface area contributed by atoms with Gasteiger partial charge in [-0.2, -0.15) is 0 Å². The fourth-order valence-electron chi connectivity index (χ4n) is 6.62. The minimum atomic E-state index is -0.225. The van der Waals surface area contributed by atoms with Crippen molar-refractivity contribution in [3.63, 3.8) is 0 Å². The van der Waals surface area contributed by atoms with E-state index in [1.54, 1.807) is 9.36 Å². The van der Waals surface area contributed by atoms with Crippen molar-refractivity contribution in [2.75, 3.05) is 0 Å². The van der Waals surface area contributed by atoms with Gasteiger partial charge in [0.15, 0.2) is 0 Å². The molecule has 0 N–H and O–H groups in total. The third-order valence-electron chi connectivity index (χ3n) is 7.62. The second kappa shape index (κ2) is 5.17. The van der Waals surface area contributed by atoms with Crippen LogP contribution in [0.3, 0.4) is 0 Å². The summed E-state index contributed by atoms with van der Waals surface area (Å²) in [4.78, 5) is 27.4. The number of hydrogen-bond donors (Lipinski definition) is 0. The van der Waals surface area contributed by atoms with Crippen LogP contribution >= 0.6 is 31.9 Å². The quantitative estimate of drug-likeness (QED) is 0.451. The number of halogens is 2. The lowest BCUT2D eigenvalue weighted by Crippen LogP contribution is -2.78. The molecule has 27 heavy (non-hydrogen) atoms. The SMILES string of the molecule is O=c1n(-c2ccccc2)c(=O)n2n1[C@H]1C=C[C@H]2[C@]23CCCC[C@@]12[C@H](Br)[C@H]3Br. The van der Waals surface area contributed by atoms with Gasteiger partial charge in [0, 0.05) is 20.5 Å². The minimum absolute atomic E-state index is 0.00201. The molecule has 6 atom stereocenters. The first-order valence-electron chi connectivity index (χ1n) is 9.53. The number of benzene rings is 1. The highest BCUT2D eigenvalue weighted by Gasteiger charge is 2.79. The topological polar surface area (TPSA) is 48.9 Å². The Balaban J connectivity index is 1.68. The monoisotopic (exact) mass is 491 g/mol. The average Bonchev–Trinajstić information content (AvgIpc) is 2.99. The van der Waals surface area contributed by atoms with Crippen molar-refractivity contribution in [1.29, 1.82) is 0 Å². The molecule has 0 spiro atoms. The van der Waals surface area contributed by atoms with Crippen LogP contribution in [0.1, 0.15) is 37.8 Å². The van der Waals surface area contributed by atoms with Gasteiger partial charge >= 0.3 is 11.4 Å². The summed E-state index contributed by atoms with van der Waals surface area (Å²) in [6, 6.07) is 9.11. The number of para-hydroxylation sites is 1. The second-order valence-corrected chi connectivity index (χ2v) is 10.3. The molecule has 1 aromatic carbocycles. The Morgan fingerprint density at radius 3 is 1.78 bits per heavy atom. The summed E-state index contributed by atoms with van der Waals surface area (Å²) in [5.41, 5.74) is 0.182. The third kappa shape index (κ3) is 1.58. The highest BCUT2D eigenvalue weighted by atomic mass is 79.9. The highest BCUT2D eigenvalue weighted by Crippen LogP contribution is 2.79. The van der Waals surface area contributed by atoms with Crippen molar-refractivity contribution in [1.82, 2.24) is 13.9 Å². The number of hydrogen-bond acceptors (Lipinski definition) is 2. The van der Waals surface area contributed by atoms with Gasteiger partial charge in [-0.3, -0.25) is 0 Å². The minimum Gasteiger partial charge on any atom is -0.245 e. The molecular formula is C20H19Br2N3O2. The lowest BCUT2D eigenvalue weighted by atomic mass is 9.37. The van der Waals surface area contributed by atoms with Crippen molar-refractivity contribution in [3.05, 3.63) is 63.5 Å². The molecule has 0 unspecified atom stereocenters. The maximum absolute atomic E-state index is 13.4. The molecule has 7 heteroatoms. The second-order valence-electron chi connectivity index (χ2n) is 8.29. The summed E-state index contributed by atoms with van der Waals surface area (Å²) >= 11 is 7.91. The molecule has 3 aliphatic carbocycles. The molecule has 1 aromatic heterocycles. The van der Waals surface area contributed by atoms with E-state index in [0.717, 1.165) is 12.8 Å². The zero-order chi connectivity index (χ0) is 18.6. The zero-order valence-electron chi connectivity index (χ0n) is 14.6. The van der Waals surface area contributed by atoms with Crippen LogP contribution in [0, 0.1) is 10.8 Å². The molecule has 3 heterocycles.